The van der Waals surface area contributed by atoms with Crippen LogP contribution in [0.3, 0.4) is 0 Å². The molecule has 3 rings (SSSR count). The molecule has 1 fully saturated rings. The second-order valence-electron chi connectivity index (χ2n) is 6.02. The predicted octanol–water partition coefficient (Wildman–Crippen LogP) is 2.13. The summed E-state index contributed by atoms with van der Waals surface area (Å²) in [5.41, 5.74) is 0.530. The van der Waals surface area contributed by atoms with Crippen molar-refractivity contribution in [2.45, 2.75) is 20.3 Å². The molecule has 0 aromatic carbocycles. The molecule has 0 bridgehead atoms. The standard InChI is InChI=1S/C16H16F4N4O2/c1-8-10(9(2)26-22-8)7-11(25)23-3-5-24(6-4-23)14-12(17)15(19)21-16(20)13(14)18/h3-7H2,1-2H3. The van der Waals surface area contributed by atoms with Gasteiger partial charge in [0.05, 0.1) is 12.1 Å². The molecule has 0 unspecified atom stereocenters. The minimum absolute atomic E-state index is 0.0318. The van der Waals surface area contributed by atoms with E-state index in [0.717, 1.165) is 4.90 Å². The maximum absolute atomic E-state index is 13.8. The van der Waals surface area contributed by atoms with E-state index in [1.165, 1.54) is 4.90 Å². The molecular weight excluding hydrogens is 356 g/mol. The molecule has 0 radical (unpaired) electrons. The highest BCUT2D eigenvalue weighted by Gasteiger charge is 2.29. The summed E-state index contributed by atoms with van der Waals surface area (Å²) in [6, 6.07) is 0. The van der Waals surface area contributed by atoms with Crippen molar-refractivity contribution >= 4 is 11.6 Å². The van der Waals surface area contributed by atoms with Crippen LogP contribution in [0.25, 0.3) is 0 Å². The molecule has 1 amide bonds. The fraction of sp³-hybridized carbons (Fsp3) is 0.438. The number of carbonyl (C=O) groups is 1. The molecule has 6 nitrogen and oxygen atoms in total. The van der Waals surface area contributed by atoms with Crippen molar-refractivity contribution in [3.05, 3.63) is 40.5 Å². The van der Waals surface area contributed by atoms with Crippen molar-refractivity contribution in [3.63, 3.8) is 0 Å². The predicted molar refractivity (Wildman–Crippen MR) is 82.5 cm³/mol. The van der Waals surface area contributed by atoms with E-state index in [4.69, 9.17) is 4.52 Å². The molecule has 140 valence electrons. The Labute approximate surface area is 146 Å². The Hall–Kier alpha value is -2.65. The van der Waals surface area contributed by atoms with Gasteiger partial charge in [-0.15, -0.1) is 0 Å². The van der Waals surface area contributed by atoms with Crippen LogP contribution in [0.15, 0.2) is 4.52 Å². The van der Waals surface area contributed by atoms with Crippen molar-refractivity contribution in [3.8, 4) is 0 Å². The monoisotopic (exact) mass is 372 g/mol. The summed E-state index contributed by atoms with van der Waals surface area (Å²) >= 11 is 0. The summed E-state index contributed by atoms with van der Waals surface area (Å²) in [4.78, 5) is 17.6. The fourth-order valence-electron chi connectivity index (χ4n) is 2.95. The number of amides is 1. The van der Waals surface area contributed by atoms with Gasteiger partial charge >= 0.3 is 0 Å². The zero-order valence-electron chi connectivity index (χ0n) is 14.2. The molecule has 0 atom stereocenters. The highest BCUT2D eigenvalue weighted by Crippen LogP contribution is 2.27. The Balaban J connectivity index is 1.69. The first-order valence-electron chi connectivity index (χ1n) is 7.94. The number of pyridine rings is 1. The summed E-state index contributed by atoms with van der Waals surface area (Å²) in [5, 5.41) is 3.79. The van der Waals surface area contributed by atoms with Crippen molar-refractivity contribution in [2.75, 3.05) is 31.1 Å². The fourth-order valence-corrected chi connectivity index (χ4v) is 2.95. The van der Waals surface area contributed by atoms with Crippen molar-refractivity contribution in [1.82, 2.24) is 15.0 Å². The molecule has 2 aromatic rings. The normalized spacial score (nSPS) is 14.8. The zero-order chi connectivity index (χ0) is 19.0. The van der Waals surface area contributed by atoms with Gasteiger partial charge in [0.2, 0.25) is 17.5 Å². The second-order valence-corrected chi connectivity index (χ2v) is 6.02. The highest BCUT2D eigenvalue weighted by molar-refractivity contribution is 5.79. The van der Waals surface area contributed by atoms with Crippen molar-refractivity contribution < 1.29 is 26.9 Å². The first kappa shape index (κ1) is 18.2. The first-order chi connectivity index (χ1) is 12.3. The van der Waals surface area contributed by atoms with Gasteiger partial charge in [-0.25, -0.2) is 0 Å². The Morgan fingerprint density at radius 1 is 1.04 bits per heavy atom. The van der Waals surface area contributed by atoms with Crippen LogP contribution in [0.1, 0.15) is 17.0 Å². The van der Waals surface area contributed by atoms with E-state index in [0.29, 0.717) is 17.0 Å². The number of piperazine rings is 1. The van der Waals surface area contributed by atoms with Crippen LogP contribution in [0.4, 0.5) is 23.2 Å². The summed E-state index contributed by atoms with van der Waals surface area (Å²) in [6.07, 6.45) is 0.0996. The van der Waals surface area contributed by atoms with Gasteiger partial charge in [-0.2, -0.15) is 22.5 Å². The molecule has 2 aromatic heterocycles. The van der Waals surface area contributed by atoms with Gasteiger partial charge in [-0.05, 0) is 13.8 Å². The number of hydrogen-bond acceptors (Lipinski definition) is 5. The van der Waals surface area contributed by atoms with Gasteiger partial charge in [0.1, 0.15) is 11.4 Å². The number of hydrogen-bond donors (Lipinski definition) is 0. The van der Waals surface area contributed by atoms with E-state index < -0.39 is 29.2 Å². The number of carbonyl (C=O) groups excluding carboxylic acids is 1. The quantitative estimate of drug-likeness (QED) is 0.610. The van der Waals surface area contributed by atoms with Gasteiger partial charge in [0.15, 0.2) is 0 Å². The third kappa shape index (κ3) is 3.23. The van der Waals surface area contributed by atoms with Gasteiger partial charge in [0, 0.05) is 31.7 Å². The van der Waals surface area contributed by atoms with Crippen LogP contribution in [0.2, 0.25) is 0 Å². The minimum Gasteiger partial charge on any atom is -0.363 e. The molecule has 1 saturated heterocycles. The van der Waals surface area contributed by atoms with Crippen LogP contribution in [0.5, 0.6) is 0 Å². The number of nitrogens with zero attached hydrogens (tertiary/aromatic N) is 4. The molecule has 0 aliphatic carbocycles. The second kappa shape index (κ2) is 6.93. The molecule has 3 heterocycles. The highest BCUT2D eigenvalue weighted by atomic mass is 19.2. The van der Waals surface area contributed by atoms with Gasteiger partial charge in [-0.3, -0.25) is 4.79 Å². The van der Waals surface area contributed by atoms with Gasteiger partial charge < -0.3 is 14.3 Å². The van der Waals surface area contributed by atoms with Crippen molar-refractivity contribution in [2.24, 2.45) is 0 Å². The van der Waals surface area contributed by atoms with Crippen LogP contribution in [-0.4, -0.2) is 47.1 Å². The SMILES string of the molecule is Cc1noc(C)c1CC(=O)N1CCN(c2c(F)c(F)nc(F)c2F)CC1. The third-order valence-corrected chi connectivity index (χ3v) is 4.43. The zero-order valence-corrected chi connectivity index (χ0v) is 14.2. The molecular formula is C16H16F4N4O2. The molecule has 0 N–H and O–H groups in total. The van der Waals surface area contributed by atoms with E-state index in [-0.39, 0.29) is 38.5 Å². The maximum Gasteiger partial charge on any atom is 0.253 e. The Morgan fingerprint density at radius 2 is 1.62 bits per heavy atom. The Morgan fingerprint density at radius 3 is 2.12 bits per heavy atom. The Kier molecular flexibility index (Phi) is 4.84. The number of aryl methyl sites for hydroxylation is 2. The lowest BCUT2D eigenvalue weighted by Crippen LogP contribution is -2.49. The van der Waals surface area contributed by atoms with E-state index in [2.05, 4.69) is 10.1 Å². The van der Waals surface area contributed by atoms with Crippen LogP contribution < -0.4 is 4.90 Å². The largest absolute Gasteiger partial charge is 0.363 e. The third-order valence-electron chi connectivity index (χ3n) is 4.43. The smallest absolute Gasteiger partial charge is 0.253 e. The molecule has 26 heavy (non-hydrogen) atoms. The van der Waals surface area contributed by atoms with Gasteiger partial charge in [0.25, 0.3) is 11.9 Å². The number of halogens is 4. The van der Waals surface area contributed by atoms with E-state index >= 15 is 0 Å². The number of anilines is 1. The van der Waals surface area contributed by atoms with Gasteiger partial charge in [-0.1, -0.05) is 5.16 Å². The molecule has 0 spiro atoms. The lowest BCUT2D eigenvalue weighted by atomic mass is 10.1. The number of aromatic nitrogens is 2. The maximum atomic E-state index is 13.8. The lowest BCUT2D eigenvalue weighted by Gasteiger charge is -2.36. The minimum atomic E-state index is -1.70. The molecule has 1 aliphatic heterocycles. The van der Waals surface area contributed by atoms with Crippen LogP contribution in [-0.2, 0) is 11.2 Å². The van der Waals surface area contributed by atoms with E-state index in [9.17, 15) is 22.4 Å². The molecule has 1 aliphatic rings. The first-order valence-corrected chi connectivity index (χ1v) is 7.94. The summed E-state index contributed by atoms with van der Waals surface area (Å²) in [7, 11) is 0. The van der Waals surface area contributed by atoms with E-state index in [1.807, 2.05) is 0 Å². The van der Waals surface area contributed by atoms with Crippen molar-refractivity contribution in [1.29, 1.82) is 0 Å². The average molecular weight is 372 g/mol. The lowest BCUT2D eigenvalue weighted by molar-refractivity contribution is -0.130. The summed E-state index contributed by atoms with van der Waals surface area (Å²) in [6.45, 7) is 3.82. The topological polar surface area (TPSA) is 62.5 Å². The Bertz CT molecular complexity index is 802. The summed E-state index contributed by atoms with van der Waals surface area (Å²) < 4.78 is 59.2. The molecule has 0 saturated carbocycles. The number of rotatable bonds is 3. The van der Waals surface area contributed by atoms with E-state index in [1.54, 1.807) is 13.8 Å². The molecule has 10 heteroatoms. The summed E-state index contributed by atoms with van der Waals surface area (Å²) in [5.74, 6) is -6.11. The van der Waals surface area contributed by atoms with Crippen LogP contribution >= 0.6 is 0 Å². The average Bonchev–Trinajstić information content (AvgIpc) is 2.93. The van der Waals surface area contributed by atoms with Crippen LogP contribution in [0, 0.1) is 37.4 Å².